The lowest BCUT2D eigenvalue weighted by molar-refractivity contribution is 0.570. The van der Waals surface area contributed by atoms with Crippen molar-refractivity contribution in [3.8, 4) is 0 Å². The average molecular weight is 257 g/mol. The molecule has 0 saturated heterocycles. The average Bonchev–Trinajstić information content (AvgIpc) is 2.33. The van der Waals surface area contributed by atoms with Crippen LogP contribution < -0.4 is 10.2 Å². The second kappa shape index (κ2) is 7.13. The van der Waals surface area contributed by atoms with E-state index in [0.717, 1.165) is 31.9 Å². The van der Waals surface area contributed by atoms with Gasteiger partial charge in [0.05, 0.1) is 0 Å². The van der Waals surface area contributed by atoms with Crippen LogP contribution in [0.1, 0.15) is 33.1 Å². The van der Waals surface area contributed by atoms with Crippen molar-refractivity contribution < 1.29 is 8.78 Å². The molecule has 0 unspecified atom stereocenters. The number of aromatic nitrogens is 1. The number of unbranched alkanes of at least 4 members (excludes halogenated alkanes) is 2. The normalized spacial score (nSPS) is 10.5. The molecule has 1 heterocycles. The summed E-state index contributed by atoms with van der Waals surface area (Å²) in [5.41, 5.74) is 0. The summed E-state index contributed by atoms with van der Waals surface area (Å²) in [5.74, 6) is -0.965. The van der Waals surface area contributed by atoms with E-state index in [0.29, 0.717) is 6.54 Å². The molecule has 0 aliphatic carbocycles. The van der Waals surface area contributed by atoms with Gasteiger partial charge in [-0.2, -0.15) is 0 Å². The van der Waals surface area contributed by atoms with Crippen LogP contribution in [0.15, 0.2) is 6.07 Å². The van der Waals surface area contributed by atoms with Crippen molar-refractivity contribution >= 4 is 11.6 Å². The lowest BCUT2D eigenvalue weighted by Crippen LogP contribution is -2.22. The Labute approximate surface area is 107 Å². The van der Waals surface area contributed by atoms with Crippen molar-refractivity contribution in [1.82, 2.24) is 4.98 Å². The Bertz CT molecular complexity index is 383. The second-order valence-electron chi connectivity index (χ2n) is 4.28. The van der Waals surface area contributed by atoms with E-state index in [9.17, 15) is 8.78 Å². The zero-order valence-corrected chi connectivity index (χ0v) is 11.3. The highest BCUT2D eigenvalue weighted by Crippen LogP contribution is 2.21. The molecule has 0 aromatic carbocycles. The molecule has 102 valence electrons. The predicted octanol–water partition coefficient (Wildman–Crippen LogP) is 3.42. The van der Waals surface area contributed by atoms with Crippen molar-refractivity contribution in [2.24, 2.45) is 0 Å². The Balaban J connectivity index is 2.83. The van der Waals surface area contributed by atoms with E-state index >= 15 is 0 Å². The molecule has 0 aliphatic rings. The van der Waals surface area contributed by atoms with E-state index in [1.807, 2.05) is 6.92 Å². The number of anilines is 2. The molecule has 18 heavy (non-hydrogen) atoms. The minimum atomic E-state index is -0.653. The summed E-state index contributed by atoms with van der Waals surface area (Å²) in [5, 5.41) is 2.79. The largest absolute Gasteiger partial charge is 0.368 e. The topological polar surface area (TPSA) is 28.2 Å². The SMILES string of the molecule is CCCCCN(C)c1nc(NCC)c(F)cc1F. The van der Waals surface area contributed by atoms with E-state index in [-0.39, 0.29) is 11.6 Å². The Morgan fingerprint density at radius 2 is 1.94 bits per heavy atom. The molecular formula is C13H21F2N3. The molecule has 3 nitrogen and oxygen atoms in total. The first-order valence-electron chi connectivity index (χ1n) is 6.41. The van der Waals surface area contributed by atoms with Gasteiger partial charge >= 0.3 is 0 Å². The third-order valence-electron chi connectivity index (χ3n) is 2.71. The number of hydrogen-bond acceptors (Lipinski definition) is 3. The third kappa shape index (κ3) is 3.82. The zero-order valence-electron chi connectivity index (χ0n) is 11.3. The van der Waals surface area contributed by atoms with E-state index in [2.05, 4.69) is 17.2 Å². The van der Waals surface area contributed by atoms with Crippen LogP contribution in [0.25, 0.3) is 0 Å². The number of halogens is 2. The fourth-order valence-corrected chi connectivity index (χ4v) is 1.72. The Hall–Kier alpha value is -1.39. The minimum absolute atomic E-state index is 0.108. The first kappa shape index (κ1) is 14.7. The molecule has 0 radical (unpaired) electrons. The smallest absolute Gasteiger partial charge is 0.168 e. The molecule has 1 aromatic rings. The molecule has 5 heteroatoms. The maximum absolute atomic E-state index is 13.7. The van der Waals surface area contributed by atoms with E-state index < -0.39 is 11.6 Å². The van der Waals surface area contributed by atoms with Crippen molar-refractivity contribution in [3.63, 3.8) is 0 Å². The Morgan fingerprint density at radius 1 is 1.22 bits per heavy atom. The maximum Gasteiger partial charge on any atom is 0.168 e. The van der Waals surface area contributed by atoms with Crippen LogP contribution >= 0.6 is 0 Å². The molecule has 0 amide bonds. The van der Waals surface area contributed by atoms with Gasteiger partial charge in [0, 0.05) is 26.2 Å². The fourth-order valence-electron chi connectivity index (χ4n) is 1.72. The first-order valence-corrected chi connectivity index (χ1v) is 6.41. The summed E-state index contributed by atoms with van der Waals surface area (Å²) in [6.07, 6.45) is 3.17. The zero-order chi connectivity index (χ0) is 13.5. The predicted molar refractivity (Wildman–Crippen MR) is 71.1 cm³/mol. The molecule has 1 N–H and O–H groups in total. The Kier molecular flexibility index (Phi) is 5.82. The monoisotopic (exact) mass is 257 g/mol. The van der Waals surface area contributed by atoms with Crippen LogP contribution in [0.4, 0.5) is 20.4 Å². The molecule has 0 aliphatic heterocycles. The summed E-state index contributed by atoms with van der Waals surface area (Å²) in [7, 11) is 1.77. The molecule has 0 spiro atoms. The van der Waals surface area contributed by atoms with E-state index in [1.165, 1.54) is 0 Å². The summed E-state index contributed by atoms with van der Waals surface area (Å²) < 4.78 is 27.1. The van der Waals surface area contributed by atoms with E-state index in [4.69, 9.17) is 0 Å². The standard InChI is InChI=1S/C13H21F2N3/c1-4-6-7-8-18(3)13-11(15)9-10(14)12(17-13)16-5-2/h9H,4-8H2,1-3H3,(H,16,17). The third-order valence-corrected chi connectivity index (χ3v) is 2.71. The molecule has 1 aromatic heterocycles. The lowest BCUT2D eigenvalue weighted by Gasteiger charge is -2.19. The highest BCUT2D eigenvalue weighted by Gasteiger charge is 2.14. The van der Waals surface area contributed by atoms with Crippen molar-refractivity contribution in [3.05, 3.63) is 17.7 Å². The van der Waals surface area contributed by atoms with Crippen LogP contribution in [0.2, 0.25) is 0 Å². The van der Waals surface area contributed by atoms with Crippen molar-refractivity contribution in [2.45, 2.75) is 33.1 Å². The van der Waals surface area contributed by atoms with Gasteiger partial charge in [-0.1, -0.05) is 19.8 Å². The molecule has 0 bridgehead atoms. The maximum atomic E-state index is 13.7. The number of rotatable bonds is 7. The van der Waals surface area contributed by atoms with Crippen LogP contribution in [-0.2, 0) is 0 Å². The number of pyridine rings is 1. The van der Waals surface area contributed by atoms with Crippen molar-refractivity contribution in [1.29, 1.82) is 0 Å². The van der Waals surface area contributed by atoms with Crippen LogP contribution in [0.5, 0.6) is 0 Å². The summed E-state index contributed by atoms with van der Waals surface area (Å²) >= 11 is 0. The second-order valence-corrected chi connectivity index (χ2v) is 4.28. The minimum Gasteiger partial charge on any atom is -0.368 e. The Morgan fingerprint density at radius 3 is 2.56 bits per heavy atom. The van der Waals surface area contributed by atoms with Crippen molar-refractivity contribution in [2.75, 3.05) is 30.4 Å². The highest BCUT2D eigenvalue weighted by atomic mass is 19.1. The molecule has 0 fully saturated rings. The van der Waals surface area contributed by atoms with Gasteiger partial charge in [-0.15, -0.1) is 0 Å². The number of nitrogens with zero attached hydrogens (tertiary/aromatic N) is 2. The number of nitrogens with one attached hydrogen (secondary N) is 1. The van der Waals surface area contributed by atoms with Gasteiger partial charge in [0.1, 0.15) is 0 Å². The first-order chi connectivity index (χ1) is 8.60. The van der Waals surface area contributed by atoms with Gasteiger partial charge in [0.2, 0.25) is 0 Å². The number of hydrogen-bond donors (Lipinski definition) is 1. The quantitative estimate of drug-likeness (QED) is 0.759. The molecule has 0 atom stereocenters. The van der Waals surface area contributed by atoms with Gasteiger partial charge in [-0.3, -0.25) is 0 Å². The van der Waals surface area contributed by atoms with Crippen LogP contribution in [-0.4, -0.2) is 25.1 Å². The van der Waals surface area contributed by atoms with Gasteiger partial charge in [-0.25, -0.2) is 13.8 Å². The van der Waals surface area contributed by atoms with Gasteiger partial charge in [0.15, 0.2) is 23.3 Å². The molecule has 1 rings (SSSR count). The molecular weight excluding hydrogens is 236 g/mol. The summed E-state index contributed by atoms with van der Waals surface area (Å²) in [6.45, 7) is 5.22. The highest BCUT2D eigenvalue weighted by molar-refractivity contribution is 5.48. The van der Waals surface area contributed by atoms with Crippen LogP contribution in [0, 0.1) is 11.6 Å². The summed E-state index contributed by atoms with van der Waals surface area (Å²) in [6, 6.07) is 0.886. The summed E-state index contributed by atoms with van der Waals surface area (Å²) in [4.78, 5) is 5.73. The van der Waals surface area contributed by atoms with Crippen LogP contribution in [0.3, 0.4) is 0 Å². The fraction of sp³-hybridized carbons (Fsp3) is 0.615. The van der Waals surface area contributed by atoms with Gasteiger partial charge < -0.3 is 10.2 Å². The molecule has 0 saturated carbocycles. The van der Waals surface area contributed by atoms with Gasteiger partial charge in [-0.05, 0) is 13.3 Å². The lowest BCUT2D eigenvalue weighted by atomic mass is 10.2. The van der Waals surface area contributed by atoms with E-state index in [1.54, 1.807) is 11.9 Å². The van der Waals surface area contributed by atoms with Gasteiger partial charge in [0.25, 0.3) is 0 Å².